The number of anilines is 1. The topological polar surface area (TPSA) is 32.7 Å². The summed E-state index contributed by atoms with van der Waals surface area (Å²) in [6.45, 7) is 2.02. The van der Waals surface area contributed by atoms with Crippen LogP contribution in [0.3, 0.4) is 0 Å². The summed E-state index contributed by atoms with van der Waals surface area (Å²) in [7, 11) is 3.95. The molecule has 0 radical (unpaired) electrons. The molecule has 0 atom stereocenters. The number of rotatable bonds is 3. The Kier molecular flexibility index (Phi) is 3.01. The zero-order chi connectivity index (χ0) is 9.84. The van der Waals surface area contributed by atoms with Gasteiger partial charge in [-0.2, -0.15) is 0 Å². The van der Waals surface area contributed by atoms with Crippen LogP contribution in [0.4, 0.5) is 11.4 Å². The van der Waals surface area contributed by atoms with Gasteiger partial charge in [0, 0.05) is 19.8 Å². The molecule has 0 unspecified atom stereocenters. The molecule has 1 rings (SSSR count). The van der Waals surface area contributed by atoms with Gasteiger partial charge in [-0.25, -0.2) is 0 Å². The van der Waals surface area contributed by atoms with Gasteiger partial charge in [0.2, 0.25) is 0 Å². The van der Waals surface area contributed by atoms with Crippen LogP contribution in [0.25, 0.3) is 0 Å². The van der Waals surface area contributed by atoms with Gasteiger partial charge < -0.3 is 4.90 Å². The van der Waals surface area contributed by atoms with Crippen molar-refractivity contribution >= 4 is 11.4 Å². The van der Waals surface area contributed by atoms with Gasteiger partial charge in [-0.15, -0.1) is 4.91 Å². The van der Waals surface area contributed by atoms with Crippen LogP contribution in [-0.2, 0) is 6.42 Å². The van der Waals surface area contributed by atoms with Gasteiger partial charge in [-0.1, -0.05) is 6.92 Å². The van der Waals surface area contributed by atoms with E-state index in [0.29, 0.717) is 5.69 Å². The predicted molar refractivity (Wildman–Crippen MR) is 55.6 cm³/mol. The first kappa shape index (κ1) is 9.71. The highest BCUT2D eigenvalue weighted by molar-refractivity contribution is 5.57. The van der Waals surface area contributed by atoms with Crippen molar-refractivity contribution in [3.05, 3.63) is 28.7 Å². The van der Waals surface area contributed by atoms with Gasteiger partial charge in [-0.05, 0) is 35.4 Å². The molecule has 0 bridgehead atoms. The fourth-order valence-corrected chi connectivity index (χ4v) is 1.22. The second-order valence-electron chi connectivity index (χ2n) is 3.15. The molecule has 0 aliphatic heterocycles. The van der Waals surface area contributed by atoms with Crippen LogP contribution in [0.15, 0.2) is 23.4 Å². The zero-order valence-corrected chi connectivity index (χ0v) is 8.24. The van der Waals surface area contributed by atoms with Gasteiger partial charge in [-0.3, -0.25) is 0 Å². The molecule has 3 nitrogen and oxygen atoms in total. The Labute approximate surface area is 78.3 Å². The fourth-order valence-electron chi connectivity index (χ4n) is 1.22. The Morgan fingerprint density at radius 3 is 2.54 bits per heavy atom. The molecule has 0 aliphatic carbocycles. The number of hydrogen-bond donors (Lipinski definition) is 0. The summed E-state index contributed by atoms with van der Waals surface area (Å²) in [6.07, 6.45) is 0.836. The average molecular weight is 178 g/mol. The molecule has 0 spiro atoms. The standard InChI is InChI=1S/C10H14N2O/c1-4-8-7-9(12(2)3)5-6-10(8)11-13/h5-7H,4H2,1-3H3. The highest BCUT2D eigenvalue weighted by atomic mass is 16.3. The van der Waals surface area contributed by atoms with Gasteiger partial charge in [0.25, 0.3) is 0 Å². The molecular formula is C10H14N2O. The number of benzene rings is 1. The summed E-state index contributed by atoms with van der Waals surface area (Å²) in [5.74, 6) is 0. The lowest BCUT2D eigenvalue weighted by Crippen LogP contribution is -2.08. The lowest BCUT2D eigenvalue weighted by atomic mass is 10.1. The Morgan fingerprint density at radius 1 is 1.38 bits per heavy atom. The monoisotopic (exact) mass is 178 g/mol. The van der Waals surface area contributed by atoms with E-state index < -0.39 is 0 Å². The molecule has 70 valence electrons. The van der Waals surface area contributed by atoms with Gasteiger partial charge >= 0.3 is 0 Å². The Balaban J connectivity index is 3.12. The summed E-state index contributed by atoms with van der Waals surface area (Å²) >= 11 is 0. The summed E-state index contributed by atoms with van der Waals surface area (Å²) in [4.78, 5) is 12.4. The van der Waals surface area contributed by atoms with Gasteiger partial charge in [0.05, 0.1) is 0 Å². The largest absolute Gasteiger partial charge is 0.378 e. The lowest BCUT2D eigenvalue weighted by molar-refractivity contribution is 1.09. The quantitative estimate of drug-likeness (QED) is 0.666. The molecule has 0 aliphatic rings. The van der Waals surface area contributed by atoms with E-state index in [0.717, 1.165) is 17.7 Å². The van der Waals surface area contributed by atoms with Crippen molar-refractivity contribution in [2.24, 2.45) is 5.18 Å². The van der Waals surface area contributed by atoms with Gasteiger partial charge in [0.1, 0.15) is 5.69 Å². The molecule has 0 amide bonds. The van der Waals surface area contributed by atoms with Crippen LogP contribution in [-0.4, -0.2) is 14.1 Å². The Morgan fingerprint density at radius 2 is 2.08 bits per heavy atom. The van der Waals surface area contributed by atoms with Crippen LogP contribution in [0, 0.1) is 4.91 Å². The number of nitroso groups, excluding NO2 is 1. The van der Waals surface area contributed by atoms with Crippen molar-refractivity contribution in [2.75, 3.05) is 19.0 Å². The van der Waals surface area contributed by atoms with Gasteiger partial charge in [0.15, 0.2) is 0 Å². The summed E-state index contributed by atoms with van der Waals surface area (Å²) in [5.41, 5.74) is 2.65. The molecule has 1 aromatic rings. The molecule has 1 aromatic carbocycles. The van der Waals surface area contributed by atoms with E-state index in [1.54, 1.807) is 6.07 Å². The minimum absolute atomic E-state index is 0.549. The zero-order valence-electron chi connectivity index (χ0n) is 8.24. The van der Waals surface area contributed by atoms with E-state index in [-0.39, 0.29) is 0 Å². The van der Waals surface area contributed by atoms with Crippen molar-refractivity contribution in [1.82, 2.24) is 0 Å². The maximum atomic E-state index is 10.4. The van der Waals surface area contributed by atoms with Crippen LogP contribution in [0.2, 0.25) is 0 Å². The predicted octanol–water partition coefficient (Wildman–Crippen LogP) is 2.71. The first-order chi connectivity index (χ1) is 6.19. The highest BCUT2D eigenvalue weighted by Crippen LogP contribution is 2.24. The maximum Gasteiger partial charge on any atom is 0.111 e. The Hall–Kier alpha value is -1.38. The van der Waals surface area contributed by atoms with E-state index in [9.17, 15) is 4.91 Å². The summed E-state index contributed by atoms with van der Waals surface area (Å²) < 4.78 is 0. The number of hydrogen-bond acceptors (Lipinski definition) is 3. The van der Waals surface area contributed by atoms with Crippen LogP contribution < -0.4 is 4.90 Å². The van der Waals surface area contributed by atoms with Crippen molar-refractivity contribution in [3.63, 3.8) is 0 Å². The minimum atomic E-state index is 0.549. The number of aryl methyl sites for hydroxylation is 1. The van der Waals surface area contributed by atoms with E-state index in [1.165, 1.54) is 0 Å². The fraction of sp³-hybridized carbons (Fsp3) is 0.400. The van der Waals surface area contributed by atoms with Crippen molar-refractivity contribution in [3.8, 4) is 0 Å². The van der Waals surface area contributed by atoms with E-state index >= 15 is 0 Å². The second kappa shape index (κ2) is 4.03. The number of nitrogens with zero attached hydrogens (tertiary/aromatic N) is 2. The van der Waals surface area contributed by atoms with Crippen molar-refractivity contribution in [2.45, 2.75) is 13.3 Å². The van der Waals surface area contributed by atoms with E-state index in [1.807, 2.05) is 38.1 Å². The average Bonchev–Trinajstić information content (AvgIpc) is 2.16. The smallest absolute Gasteiger partial charge is 0.111 e. The Bertz CT molecular complexity index is 308. The molecule has 0 aromatic heterocycles. The van der Waals surface area contributed by atoms with Crippen LogP contribution in [0.1, 0.15) is 12.5 Å². The third kappa shape index (κ3) is 2.05. The normalized spacial score (nSPS) is 9.77. The molecule has 0 N–H and O–H groups in total. The first-order valence-electron chi connectivity index (χ1n) is 4.32. The summed E-state index contributed by atoms with van der Waals surface area (Å²) in [5, 5.41) is 2.97. The molecule has 13 heavy (non-hydrogen) atoms. The van der Waals surface area contributed by atoms with E-state index in [4.69, 9.17) is 0 Å². The molecular weight excluding hydrogens is 164 g/mol. The molecule has 0 heterocycles. The van der Waals surface area contributed by atoms with Crippen molar-refractivity contribution in [1.29, 1.82) is 0 Å². The van der Waals surface area contributed by atoms with Crippen molar-refractivity contribution < 1.29 is 0 Å². The van der Waals surface area contributed by atoms with E-state index in [2.05, 4.69) is 5.18 Å². The second-order valence-corrected chi connectivity index (χ2v) is 3.15. The molecule has 3 heteroatoms. The molecule has 0 fully saturated rings. The van der Waals surface area contributed by atoms with Crippen LogP contribution >= 0.6 is 0 Å². The third-order valence-corrected chi connectivity index (χ3v) is 2.06. The lowest BCUT2D eigenvalue weighted by Gasteiger charge is -2.13. The molecule has 0 saturated heterocycles. The van der Waals surface area contributed by atoms with Crippen LogP contribution in [0.5, 0.6) is 0 Å². The molecule has 0 saturated carbocycles. The first-order valence-corrected chi connectivity index (χ1v) is 4.32. The third-order valence-electron chi connectivity index (χ3n) is 2.06. The summed E-state index contributed by atoms with van der Waals surface area (Å²) in [6, 6.07) is 5.66. The maximum absolute atomic E-state index is 10.4. The highest BCUT2D eigenvalue weighted by Gasteiger charge is 2.03. The minimum Gasteiger partial charge on any atom is -0.378 e. The SMILES string of the molecule is CCc1cc(N(C)C)ccc1N=O.